The van der Waals surface area contributed by atoms with E-state index in [2.05, 4.69) is 103 Å². The standard InChI is InChI=1S/C49H36N6/c1-49(54-47(37-24-13-5-14-25-37)53-48(55-49)38-26-15-6-16-27-38)43-32-41(34-18-7-2-8-19-34)31-42(33-43)39-28-17-29-40(30-39)46-51-44(35-20-9-3-10-21-35)50-45(52-46)36-22-11-4-12-23-36/h2-33H,1H3,(H,53,54,55). The third kappa shape index (κ3) is 7.09. The summed E-state index contributed by atoms with van der Waals surface area (Å²) in [5.41, 5.74) is 9.13. The maximum Gasteiger partial charge on any atom is 0.164 e. The molecule has 1 atom stereocenters. The van der Waals surface area contributed by atoms with Crippen LogP contribution in [0.2, 0.25) is 0 Å². The minimum Gasteiger partial charge on any atom is -0.342 e. The molecule has 1 aliphatic rings. The van der Waals surface area contributed by atoms with E-state index in [9.17, 15) is 0 Å². The number of amidine groups is 2. The molecular formula is C49H36N6. The zero-order valence-corrected chi connectivity index (χ0v) is 30.2. The van der Waals surface area contributed by atoms with Gasteiger partial charge >= 0.3 is 0 Å². The zero-order valence-electron chi connectivity index (χ0n) is 30.2. The molecule has 0 aliphatic carbocycles. The summed E-state index contributed by atoms with van der Waals surface area (Å²) >= 11 is 0. The summed E-state index contributed by atoms with van der Waals surface area (Å²) in [6, 6.07) is 66.2. The first-order chi connectivity index (χ1) is 27.1. The lowest BCUT2D eigenvalue weighted by atomic mass is 9.90. The minimum absolute atomic E-state index is 0.607. The van der Waals surface area contributed by atoms with Crippen molar-refractivity contribution in [1.82, 2.24) is 20.3 Å². The van der Waals surface area contributed by atoms with Crippen molar-refractivity contribution in [3.8, 4) is 56.4 Å². The van der Waals surface area contributed by atoms with Gasteiger partial charge < -0.3 is 5.32 Å². The molecule has 7 aromatic carbocycles. The molecule has 0 saturated carbocycles. The number of nitrogens with zero attached hydrogens (tertiary/aromatic N) is 5. The van der Waals surface area contributed by atoms with Crippen molar-refractivity contribution >= 4 is 11.7 Å². The van der Waals surface area contributed by atoms with Gasteiger partial charge in [0.05, 0.1) is 0 Å². The summed E-state index contributed by atoms with van der Waals surface area (Å²) in [5, 5.41) is 3.74. The number of aliphatic imine (C=N–C) groups is 2. The highest BCUT2D eigenvalue weighted by atomic mass is 15.2. The first-order valence-corrected chi connectivity index (χ1v) is 18.3. The van der Waals surface area contributed by atoms with Gasteiger partial charge in [-0.25, -0.2) is 24.9 Å². The van der Waals surface area contributed by atoms with E-state index in [0.717, 1.165) is 61.5 Å². The number of nitrogens with one attached hydrogen (secondary N) is 1. The summed E-state index contributed by atoms with van der Waals surface area (Å²) < 4.78 is 0. The van der Waals surface area contributed by atoms with Crippen LogP contribution in [0.4, 0.5) is 0 Å². The lowest BCUT2D eigenvalue weighted by molar-refractivity contribution is 0.455. The number of aromatic nitrogens is 3. The van der Waals surface area contributed by atoms with Crippen LogP contribution in [0, 0.1) is 0 Å². The van der Waals surface area contributed by atoms with Crippen LogP contribution in [0.3, 0.4) is 0 Å². The predicted octanol–water partition coefficient (Wildman–Crippen LogP) is 10.9. The van der Waals surface area contributed by atoms with Crippen LogP contribution in [0.5, 0.6) is 0 Å². The molecule has 6 heteroatoms. The third-order valence-electron chi connectivity index (χ3n) is 9.74. The fraction of sp³-hybridized carbons (Fsp3) is 0.0408. The van der Waals surface area contributed by atoms with E-state index in [0.29, 0.717) is 23.3 Å². The average Bonchev–Trinajstić information content (AvgIpc) is 3.27. The lowest BCUT2D eigenvalue weighted by Crippen LogP contribution is -2.46. The van der Waals surface area contributed by atoms with Crippen molar-refractivity contribution in [3.63, 3.8) is 0 Å². The molecule has 55 heavy (non-hydrogen) atoms. The van der Waals surface area contributed by atoms with Crippen LogP contribution in [0.15, 0.2) is 204 Å². The Morgan fingerprint density at radius 3 is 1.31 bits per heavy atom. The molecule has 1 N–H and O–H groups in total. The molecule has 0 radical (unpaired) electrons. The molecule has 9 rings (SSSR count). The topological polar surface area (TPSA) is 75.4 Å². The van der Waals surface area contributed by atoms with E-state index in [1.54, 1.807) is 0 Å². The van der Waals surface area contributed by atoms with Gasteiger partial charge in [0.15, 0.2) is 29.0 Å². The number of benzene rings is 7. The van der Waals surface area contributed by atoms with Crippen molar-refractivity contribution in [1.29, 1.82) is 0 Å². The molecule has 0 fully saturated rings. The van der Waals surface area contributed by atoms with E-state index >= 15 is 0 Å². The highest BCUT2D eigenvalue weighted by Gasteiger charge is 2.33. The zero-order chi connectivity index (χ0) is 37.0. The number of hydrogen-bond donors (Lipinski definition) is 1. The molecule has 1 aliphatic heterocycles. The Morgan fingerprint density at radius 2 is 0.764 bits per heavy atom. The Morgan fingerprint density at radius 1 is 0.364 bits per heavy atom. The molecule has 6 nitrogen and oxygen atoms in total. The van der Waals surface area contributed by atoms with Crippen LogP contribution in [-0.4, -0.2) is 26.6 Å². The quantitative estimate of drug-likeness (QED) is 0.170. The maximum absolute atomic E-state index is 5.33. The predicted molar refractivity (Wildman–Crippen MR) is 223 cm³/mol. The molecule has 1 unspecified atom stereocenters. The second-order valence-corrected chi connectivity index (χ2v) is 13.6. The number of hydrogen-bond acceptors (Lipinski definition) is 6. The Kier molecular flexibility index (Phi) is 8.90. The first kappa shape index (κ1) is 33.5. The van der Waals surface area contributed by atoms with Crippen molar-refractivity contribution in [2.24, 2.45) is 9.98 Å². The lowest BCUT2D eigenvalue weighted by Gasteiger charge is -2.33. The number of rotatable bonds is 8. The molecule has 8 aromatic rings. The second kappa shape index (κ2) is 14.6. The second-order valence-electron chi connectivity index (χ2n) is 13.6. The maximum atomic E-state index is 5.33. The Hall–Kier alpha value is -7.31. The van der Waals surface area contributed by atoms with Gasteiger partial charge in [-0.3, -0.25) is 0 Å². The van der Waals surface area contributed by atoms with Crippen LogP contribution < -0.4 is 5.32 Å². The van der Waals surface area contributed by atoms with Crippen molar-refractivity contribution < 1.29 is 0 Å². The van der Waals surface area contributed by atoms with E-state index in [-0.39, 0.29) is 0 Å². The van der Waals surface area contributed by atoms with Gasteiger partial charge in [0.1, 0.15) is 5.84 Å². The molecule has 1 aromatic heterocycles. The first-order valence-electron chi connectivity index (χ1n) is 18.3. The normalized spacial score (nSPS) is 15.1. The van der Waals surface area contributed by atoms with E-state index in [1.165, 1.54) is 0 Å². The molecule has 0 amide bonds. The summed E-state index contributed by atoms with van der Waals surface area (Å²) in [4.78, 5) is 25.3. The largest absolute Gasteiger partial charge is 0.342 e. The van der Waals surface area contributed by atoms with E-state index in [4.69, 9.17) is 24.9 Å². The molecule has 2 heterocycles. The Labute approximate surface area is 320 Å². The van der Waals surface area contributed by atoms with Gasteiger partial charge in [-0.1, -0.05) is 170 Å². The fourth-order valence-electron chi connectivity index (χ4n) is 6.86. The summed E-state index contributed by atoms with van der Waals surface area (Å²) in [6.07, 6.45) is 0. The summed E-state index contributed by atoms with van der Waals surface area (Å²) in [5.74, 6) is 3.30. The smallest absolute Gasteiger partial charge is 0.164 e. The van der Waals surface area contributed by atoms with Crippen molar-refractivity contribution in [2.45, 2.75) is 12.6 Å². The molecule has 0 bridgehead atoms. The Bertz CT molecular complexity index is 2600. The van der Waals surface area contributed by atoms with E-state index < -0.39 is 5.66 Å². The third-order valence-corrected chi connectivity index (χ3v) is 9.74. The molecule has 0 saturated heterocycles. The SMILES string of the molecule is CC1(c2cc(-c3ccccc3)cc(-c3cccc(-c4nc(-c5ccccc5)nc(-c5ccccc5)n4)c3)c2)N=C(c2ccccc2)N=C(c2ccccc2)N1. The molecule has 262 valence electrons. The van der Waals surface area contributed by atoms with Crippen LogP contribution >= 0.6 is 0 Å². The van der Waals surface area contributed by atoms with Gasteiger partial charge in [0.25, 0.3) is 0 Å². The van der Waals surface area contributed by atoms with Crippen LogP contribution in [-0.2, 0) is 5.66 Å². The van der Waals surface area contributed by atoms with Gasteiger partial charge in [-0.2, -0.15) is 0 Å². The summed E-state index contributed by atoms with van der Waals surface area (Å²) in [7, 11) is 0. The van der Waals surface area contributed by atoms with E-state index in [1.807, 2.05) is 103 Å². The average molecular weight is 709 g/mol. The minimum atomic E-state index is -0.849. The monoisotopic (exact) mass is 708 g/mol. The van der Waals surface area contributed by atoms with Crippen molar-refractivity contribution in [3.05, 3.63) is 211 Å². The molecular weight excluding hydrogens is 673 g/mol. The van der Waals surface area contributed by atoms with Gasteiger partial charge in [-0.05, 0) is 53.4 Å². The van der Waals surface area contributed by atoms with Crippen LogP contribution in [0.1, 0.15) is 23.6 Å². The van der Waals surface area contributed by atoms with Gasteiger partial charge in [-0.15, -0.1) is 0 Å². The highest BCUT2D eigenvalue weighted by Crippen LogP contribution is 2.36. The Balaban J connectivity index is 1.19. The van der Waals surface area contributed by atoms with Gasteiger partial charge in [0, 0.05) is 33.4 Å². The van der Waals surface area contributed by atoms with Gasteiger partial charge in [0.2, 0.25) is 0 Å². The summed E-state index contributed by atoms with van der Waals surface area (Å²) in [6.45, 7) is 2.12. The fourth-order valence-corrected chi connectivity index (χ4v) is 6.86. The van der Waals surface area contributed by atoms with Crippen molar-refractivity contribution in [2.75, 3.05) is 0 Å². The highest BCUT2D eigenvalue weighted by molar-refractivity contribution is 6.13. The molecule has 0 spiro atoms. The van der Waals surface area contributed by atoms with Crippen LogP contribution in [0.25, 0.3) is 56.4 Å².